The molecular formula is C82H114Br2ClN13O6S3. The number of carbonyl (C=O) groups is 6. The molecule has 6 heterocycles. The van der Waals surface area contributed by atoms with E-state index in [9.17, 15) is 28.8 Å². The van der Waals surface area contributed by atoms with E-state index in [1.807, 2.05) is 67.0 Å². The smallest absolute Gasteiger partial charge is 0.246 e. The molecule has 7 N–H and O–H groups in total. The minimum atomic E-state index is -0.431. The number of H-pyrrole nitrogens is 3. The van der Waals surface area contributed by atoms with E-state index >= 15 is 0 Å². The summed E-state index contributed by atoms with van der Waals surface area (Å²) in [6.45, 7) is 23.9. The largest absolute Gasteiger partial charge is 0.335 e. The minimum absolute atomic E-state index is 0. The maximum absolute atomic E-state index is 12.8. The van der Waals surface area contributed by atoms with Crippen molar-refractivity contribution in [2.75, 3.05) is 93.3 Å². The first-order chi connectivity index (χ1) is 49.9. The normalized spacial score (nSPS) is 16.0. The number of rotatable bonds is 27. The molecule has 0 spiro atoms. The van der Waals surface area contributed by atoms with Crippen LogP contribution in [0.2, 0.25) is 0 Å². The van der Waals surface area contributed by atoms with Crippen molar-refractivity contribution in [3.05, 3.63) is 202 Å². The topological polar surface area (TPSA) is 246 Å². The Labute approximate surface area is 677 Å². The lowest BCUT2D eigenvalue weighted by atomic mass is 9.91. The first-order valence-corrected chi connectivity index (χ1v) is 39.2. The van der Waals surface area contributed by atoms with Gasteiger partial charge in [-0.15, -0.1) is 0 Å². The highest BCUT2D eigenvalue weighted by molar-refractivity contribution is 9.09. The number of anilines is 2. The maximum Gasteiger partial charge on any atom is 0.246 e. The summed E-state index contributed by atoms with van der Waals surface area (Å²) in [6, 6.07) is 30.8. The van der Waals surface area contributed by atoms with Crippen LogP contribution in [0.4, 0.5) is 11.6 Å². The summed E-state index contributed by atoms with van der Waals surface area (Å²) in [5.74, 6) is 2.57. The van der Waals surface area contributed by atoms with Gasteiger partial charge in [0.2, 0.25) is 28.9 Å². The summed E-state index contributed by atoms with van der Waals surface area (Å²) >= 11 is 11.3. The Kier molecular flexibility index (Phi) is 42.0. The van der Waals surface area contributed by atoms with Crippen molar-refractivity contribution in [3.8, 4) is 0 Å². The van der Waals surface area contributed by atoms with Crippen molar-refractivity contribution in [1.29, 1.82) is 0 Å². The molecule has 3 aliphatic carbocycles. The second-order valence-corrected chi connectivity index (χ2v) is 28.4. The highest BCUT2D eigenvalue weighted by Gasteiger charge is 2.30. The predicted octanol–water partition coefficient (Wildman–Crippen LogP) is 16.0. The number of amides is 4. The number of hydrogen-bond acceptors (Lipinski definition) is 12. The van der Waals surface area contributed by atoms with Gasteiger partial charge in [-0.3, -0.25) is 44.1 Å². The van der Waals surface area contributed by atoms with Gasteiger partial charge in [0.05, 0.1) is 17.5 Å². The number of likely N-dealkylation sites (N-methyl/N-ethyl adjacent to an activating group) is 1. The molecule has 6 aromatic rings. The Hall–Kier alpha value is -6.87. The van der Waals surface area contributed by atoms with Crippen molar-refractivity contribution < 1.29 is 28.8 Å². The summed E-state index contributed by atoms with van der Waals surface area (Å²) in [5.41, 5.74) is 14.7. The third-order valence-corrected chi connectivity index (χ3v) is 20.0. The molecule has 3 saturated carbocycles. The fraction of sp³-hybridized carbons (Fsp3) is 0.451. The highest BCUT2D eigenvalue weighted by atomic mass is 79.9. The van der Waals surface area contributed by atoms with Crippen LogP contribution in [0.5, 0.6) is 0 Å². The number of alkyl halides is 2. The number of Topliss-reactive ketones (excluding diaryl/α,β-unsaturated/α-hetero) is 1. The number of nitrogens with zero attached hydrogens (tertiary/aromatic N) is 6. The fourth-order valence-corrected chi connectivity index (χ4v) is 12.5. The second kappa shape index (κ2) is 48.6. The zero-order chi connectivity index (χ0) is 73.6. The fourth-order valence-electron chi connectivity index (χ4n) is 12.0. The molecule has 19 nitrogen and oxygen atoms in total. The number of aromatic amines is 3. The number of halogens is 3. The maximum atomic E-state index is 12.8. The van der Waals surface area contributed by atoms with E-state index in [2.05, 4.69) is 201 Å². The standard InChI is InChI=1S/C29H38N4O2.C24H27BrN4O2.C20H24N4O.C4H4BrClO.C4H11N.CH4.3H2S/c1-4-32(5-2)16-6-7-29(35)33-17-14-24(15-18-33)23-10-8-22(9-11-23)21(3)28(34)20-26-19-27(31-30-26)25-12-13-25;1-16(24(31)26-22-15-21(27-28-22)20-8-9-20)17-4-6-18(7-5-17)19-10-13-29(14-11-19)23(30)3-2-12-25;1-13(20(25)22-19-12-18(23-24-19)17-6-7-17)14-2-4-15(5-3-14)16-8-10-21-11-9-16;5-3-1-2-4(6)7;1-3-5-4-2;;;;/h6-11,14,19,21,25H,4-5,12-13,15-18,20H2,1-3H3,(H,30,31);2-7,10,15-16,20H,8-9,11-14H2,1H3,(H2,26,27,28,31);2-5,8,12-13,17,21H,6-7,9-11H2,1H3,(H2,22,23,24,25);1-2H,3H2;5H,3-4H2,1-2H3;1H4;3*1H2/b7-6+;3-2+;;2-1+;;;;;/t21-;16-;13-;;;;;;/m000....../s1. The number of aromatic nitrogens is 6. The zero-order valence-electron chi connectivity index (χ0n) is 62.4. The van der Waals surface area contributed by atoms with Crippen molar-refractivity contribution in [1.82, 2.24) is 55.9 Å². The van der Waals surface area contributed by atoms with E-state index in [-0.39, 0.29) is 95.1 Å². The van der Waals surface area contributed by atoms with Crippen LogP contribution in [0.25, 0.3) is 16.7 Å². The number of hydrogen-bond donors (Lipinski definition) is 7. The molecule has 12 rings (SSSR count). The SMILES string of the molecule is C.CCN(CC)C/C=C/C(=O)N1CC=C(c2ccc([C@H](C)C(=O)Cc3cc(C4CC4)n[nH]3)cc2)CC1.CCNCC.C[C@H](C(=O)Nc1cc(C2CC2)[nH]n1)c1ccc(C2=CCN(C(=O)/C=C/CBr)CC2)cc1.C[C@H](C(=O)Nc1cc(C2CC2)[nH]n1)c1ccc(C2=CCNCC2)cc1.O=C(Cl)/C=C/CBr.S.S.S. The summed E-state index contributed by atoms with van der Waals surface area (Å²) in [4.78, 5) is 78.5. The van der Waals surface area contributed by atoms with E-state index in [0.29, 0.717) is 66.1 Å². The van der Waals surface area contributed by atoms with E-state index in [1.165, 1.54) is 72.4 Å². The van der Waals surface area contributed by atoms with E-state index in [1.54, 1.807) is 18.2 Å². The van der Waals surface area contributed by atoms with Gasteiger partial charge in [-0.2, -0.15) is 55.8 Å². The Bertz CT molecular complexity index is 3930. The average Bonchev–Trinajstić information content (AvgIpc) is 1.26. The van der Waals surface area contributed by atoms with Gasteiger partial charge in [0, 0.05) is 115 Å². The number of nitrogens with one attached hydrogen (secondary N) is 7. The zero-order valence-corrected chi connectivity index (χ0v) is 69.3. The summed E-state index contributed by atoms with van der Waals surface area (Å²) in [7, 11) is 0. The molecule has 107 heavy (non-hydrogen) atoms. The molecule has 3 aromatic carbocycles. The number of benzene rings is 3. The Morgan fingerprint density at radius 3 is 1.36 bits per heavy atom. The molecule has 0 unspecified atom stereocenters. The van der Waals surface area contributed by atoms with Crippen LogP contribution >= 0.6 is 83.9 Å². The van der Waals surface area contributed by atoms with Crippen molar-refractivity contribution in [3.63, 3.8) is 0 Å². The summed E-state index contributed by atoms with van der Waals surface area (Å²) in [5, 5.41) is 35.0. The highest BCUT2D eigenvalue weighted by Crippen LogP contribution is 2.41. The lowest BCUT2D eigenvalue weighted by Crippen LogP contribution is -2.33. The van der Waals surface area contributed by atoms with E-state index in [0.717, 1.165) is 117 Å². The van der Waals surface area contributed by atoms with Crippen molar-refractivity contribution in [2.24, 2.45) is 0 Å². The molecule has 3 fully saturated rings. The van der Waals surface area contributed by atoms with Gasteiger partial charge in [0.15, 0.2) is 11.6 Å². The number of allylic oxidation sites excluding steroid dienone is 3. The average molecular weight is 1670 g/mol. The molecule has 4 amide bonds. The molecule has 582 valence electrons. The monoisotopic (exact) mass is 1670 g/mol. The van der Waals surface area contributed by atoms with Gasteiger partial charge in [0.1, 0.15) is 5.78 Å². The third-order valence-electron chi connectivity index (χ3n) is 19.2. The van der Waals surface area contributed by atoms with Gasteiger partial charge >= 0.3 is 0 Å². The molecule has 25 heteroatoms. The van der Waals surface area contributed by atoms with Crippen molar-refractivity contribution in [2.45, 2.75) is 156 Å². The molecule has 3 aromatic heterocycles. The molecule has 0 radical (unpaired) electrons. The van der Waals surface area contributed by atoms with Crippen LogP contribution in [0.3, 0.4) is 0 Å². The predicted molar refractivity (Wildman–Crippen MR) is 462 cm³/mol. The van der Waals surface area contributed by atoms with E-state index in [4.69, 9.17) is 11.6 Å². The first kappa shape index (κ1) is 92.5. The molecule has 0 saturated heterocycles. The number of carbonyl (C=O) groups excluding carboxylic acids is 6. The van der Waals surface area contributed by atoms with Gasteiger partial charge in [-0.25, -0.2) is 0 Å². The lowest BCUT2D eigenvalue weighted by Gasteiger charge is -2.26. The van der Waals surface area contributed by atoms with Gasteiger partial charge in [-0.1, -0.05) is 183 Å². The van der Waals surface area contributed by atoms with Gasteiger partial charge < -0.3 is 36.0 Å². The molecule has 6 aliphatic rings. The molecule has 3 aliphatic heterocycles. The Morgan fingerprint density at radius 1 is 0.561 bits per heavy atom. The van der Waals surface area contributed by atoms with Crippen LogP contribution in [0.15, 0.2) is 146 Å². The van der Waals surface area contributed by atoms with Gasteiger partial charge in [-0.05, 0) is 184 Å². The summed E-state index contributed by atoms with van der Waals surface area (Å²) < 4.78 is 0. The van der Waals surface area contributed by atoms with E-state index < -0.39 is 5.24 Å². The second-order valence-electron chi connectivity index (χ2n) is 26.7. The molecule has 3 atom stereocenters. The molecular weight excluding hydrogens is 1550 g/mol. The Morgan fingerprint density at radius 2 is 0.991 bits per heavy atom. The Balaban J connectivity index is 0.000000311. The third kappa shape index (κ3) is 30.5. The lowest BCUT2D eigenvalue weighted by molar-refractivity contribution is -0.126. The van der Waals surface area contributed by atoms with Crippen LogP contribution in [-0.4, -0.2) is 163 Å². The van der Waals surface area contributed by atoms with Crippen molar-refractivity contribution >= 4 is 147 Å². The quantitative estimate of drug-likeness (QED) is 0.0145. The molecule has 0 bridgehead atoms. The summed E-state index contributed by atoms with van der Waals surface area (Å²) in [6.07, 6.45) is 26.9. The van der Waals surface area contributed by atoms with Crippen LogP contribution < -0.4 is 21.3 Å². The van der Waals surface area contributed by atoms with Crippen LogP contribution in [0, 0.1) is 0 Å². The minimum Gasteiger partial charge on any atom is -0.335 e. The van der Waals surface area contributed by atoms with Crippen LogP contribution in [0.1, 0.15) is 205 Å². The first-order valence-electron chi connectivity index (χ1n) is 36.6. The van der Waals surface area contributed by atoms with Gasteiger partial charge in [0.25, 0.3) is 0 Å². The van der Waals surface area contributed by atoms with Crippen LogP contribution in [-0.2, 0) is 35.2 Å². The number of ketones is 1.